The predicted octanol–water partition coefficient (Wildman–Crippen LogP) is 3.81. The van der Waals surface area contributed by atoms with Crippen LogP contribution in [0, 0.1) is 6.92 Å². The molecule has 0 spiro atoms. The Labute approximate surface area is 115 Å². The number of benzene rings is 1. The van der Waals surface area contributed by atoms with Crippen molar-refractivity contribution in [3.63, 3.8) is 0 Å². The first-order chi connectivity index (χ1) is 9.06. The molecule has 0 aliphatic heterocycles. The number of hydrogen-bond donors (Lipinski definition) is 0. The third-order valence-corrected chi connectivity index (χ3v) is 2.85. The van der Waals surface area contributed by atoms with Crippen molar-refractivity contribution in [2.45, 2.75) is 13.8 Å². The van der Waals surface area contributed by atoms with E-state index in [1.807, 2.05) is 25.1 Å². The zero-order chi connectivity index (χ0) is 13.8. The summed E-state index contributed by atoms with van der Waals surface area (Å²) in [7, 11) is 0. The Morgan fingerprint density at radius 2 is 2.16 bits per heavy atom. The smallest absolute Gasteiger partial charge is 0.331 e. The second-order valence-corrected chi connectivity index (χ2v) is 4.39. The van der Waals surface area contributed by atoms with Crippen molar-refractivity contribution < 1.29 is 14.0 Å². The van der Waals surface area contributed by atoms with Crippen LogP contribution in [-0.4, -0.2) is 12.2 Å². The molecule has 2 aromatic rings. The first-order valence-electron chi connectivity index (χ1n) is 5.63. The number of carbonyl (C=O) groups is 1. The highest BCUT2D eigenvalue weighted by molar-refractivity contribution is 6.31. The van der Waals surface area contributed by atoms with Gasteiger partial charge in [-0.15, -0.1) is 0 Å². The molecule has 0 amide bonds. The number of nitrogens with zero attached hydrogens (tertiary/aromatic N) is 1. The summed E-state index contributed by atoms with van der Waals surface area (Å²) in [6, 6.07) is 9.22. The zero-order valence-corrected chi connectivity index (χ0v) is 11.3. The van der Waals surface area contributed by atoms with Gasteiger partial charge in [0.05, 0.1) is 0 Å². The molecule has 19 heavy (non-hydrogen) atoms. The molecule has 0 aliphatic carbocycles. The fourth-order valence-electron chi connectivity index (χ4n) is 1.48. The fraction of sp³-hybridized carbons (Fsp3) is 0.143. The van der Waals surface area contributed by atoms with Crippen molar-refractivity contribution in [1.29, 1.82) is 0 Å². The Morgan fingerprint density at radius 3 is 2.84 bits per heavy atom. The second-order valence-electron chi connectivity index (χ2n) is 3.98. The fourth-order valence-corrected chi connectivity index (χ4v) is 1.66. The molecule has 0 unspecified atom stereocenters. The maximum Gasteiger partial charge on any atom is 0.331 e. The van der Waals surface area contributed by atoms with Gasteiger partial charge in [0.1, 0.15) is 17.7 Å². The van der Waals surface area contributed by atoms with Gasteiger partial charge in [0.25, 0.3) is 0 Å². The van der Waals surface area contributed by atoms with Crippen molar-refractivity contribution in [2.75, 3.05) is 0 Å². The molecule has 0 saturated heterocycles. The third kappa shape index (κ3) is 3.45. The van der Waals surface area contributed by atoms with Crippen LogP contribution in [0.4, 0.5) is 0 Å². The molecule has 4 nitrogen and oxygen atoms in total. The summed E-state index contributed by atoms with van der Waals surface area (Å²) in [4.78, 5) is 15.0. The lowest BCUT2D eigenvalue weighted by Crippen LogP contribution is -1.90. The second kappa shape index (κ2) is 5.71. The molecule has 0 aliphatic rings. The molecule has 0 saturated carbocycles. The number of halogens is 1. The standard InChI is InChI=1S/C14H12ClNO3/c1-9-3-4-11(7-13(9)15)14-6-5-12(18-14)8-16-19-10(2)17/h3-8H,1-2H3/b16-8+. The zero-order valence-electron chi connectivity index (χ0n) is 10.5. The van der Waals surface area contributed by atoms with Crippen LogP contribution in [-0.2, 0) is 9.63 Å². The van der Waals surface area contributed by atoms with Crippen LogP contribution in [0.2, 0.25) is 5.02 Å². The molecule has 0 atom stereocenters. The topological polar surface area (TPSA) is 51.8 Å². The minimum atomic E-state index is -0.478. The average molecular weight is 278 g/mol. The molecular formula is C14H12ClNO3. The lowest BCUT2D eigenvalue weighted by atomic mass is 10.1. The number of furan rings is 1. The van der Waals surface area contributed by atoms with Gasteiger partial charge in [0, 0.05) is 17.5 Å². The summed E-state index contributed by atoms with van der Waals surface area (Å²) in [6.07, 6.45) is 1.33. The lowest BCUT2D eigenvalue weighted by molar-refractivity contribution is -0.140. The van der Waals surface area contributed by atoms with Crippen LogP contribution >= 0.6 is 11.6 Å². The molecule has 0 fully saturated rings. The summed E-state index contributed by atoms with van der Waals surface area (Å²) in [5.41, 5.74) is 1.89. The SMILES string of the molecule is CC(=O)O/N=C/c1ccc(-c2ccc(C)c(Cl)c2)o1. The first-order valence-corrected chi connectivity index (χ1v) is 6.01. The first kappa shape index (κ1) is 13.4. The number of oxime groups is 1. The Bertz CT molecular complexity index is 631. The quantitative estimate of drug-likeness (QED) is 0.487. The minimum absolute atomic E-state index is 0.478. The van der Waals surface area contributed by atoms with Gasteiger partial charge in [0.15, 0.2) is 0 Å². The Kier molecular flexibility index (Phi) is 4.02. The molecule has 0 N–H and O–H groups in total. The molecule has 1 heterocycles. The van der Waals surface area contributed by atoms with E-state index in [1.165, 1.54) is 13.1 Å². The summed E-state index contributed by atoms with van der Waals surface area (Å²) < 4.78 is 5.55. The Balaban J connectivity index is 2.18. The van der Waals surface area contributed by atoms with E-state index in [4.69, 9.17) is 16.0 Å². The van der Waals surface area contributed by atoms with E-state index in [-0.39, 0.29) is 0 Å². The van der Waals surface area contributed by atoms with E-state index in [9.17, 15) is 4.79 Å². The van der Waals surface area contributed by atoms with Crippen LogP contribution in [0.3, 0.4) is 0 Å². The molecule has 2 rings (SSSR count). The van der Waals surface area contributed by atoms with Gasteiger partial charge >= 0.3 is 5.97 Å². The summed E-state index contributed by atoms with van der Waals surface area (Å²) in [5.74, 6) is 0.687. The maximum absolute atomic E-state index is 10.5. The normalized spacial score (nSPS) is 10.9. The van der Waals surface area contributed by atoms with E-state index in [0.717, 1.165) is 11.1 Å². The van der Waals surface area contributed by atoms with E-state index in [2.05, 4.69) is 9.99 Å². The molecule has 1 aromatic heterocycles. The van der Waals surface area contributed by atoms with Gasteiger partial charge in [-0.05, 0) is 30.7 Å². The maximum atomic E-state index is 10.5. The van der Waals surface area contributed by atoms with Gasteiger partial charge in [0.2, 0.25) is 0 Å². The highest BCUT2D eigenvalue weighted by atomic mass is 35.5. The van der Waals surface area contributed by atoms with Crippen molar-refractivity contribution in [2.24, 2.45) is 5.16 Å². The number of carbonyl (C=O) groups excluding carboxylic acids is 1. The summed E-state index contributed by atoms with van der Waals surface area (Å²) >= 11 is 6.06. The van der Waals surface area contributed by atoms with E-state index in [0.29, 0.717) is 16.5 Å². The van der Waals surface area contributed by atoms with Crippen LogP contribution in [0.15, 0.2) is 39.9 Å². The molecule has 0 bridgehead atoms. The molecule has 5 heteroatoms. The van der Waals surface area contributed by atoms with E-state index >= 15 is 0 Å². The van der Waals surface area contributed by atoms with E-state index < -0.39 is 5.97 Å². The van der Waals surface area contributed by atoms with Gasteiger partial charge in [-0.2, -0.15) is 0 Å². The Hall–Kier alpha value is -2.07. The van der Waals surface area contributed by atoms with Crippen LogP contribution in [0.5, 0.6) is 0 Å². The van der Waals surface area contributed by atoms with Crippen LogP contribution in [0.1, 0.15) is 18.2 Å². The minimum Gasteiger partial charge on any atom is -0.455 e. The van der Waals surface area contributed by atoms with Crippen molar-refractivity contribution >= 4 is 23.8 Å². The highest BCUT2D eigenvalue weighted by Crippen LogP contribution is 2.26. The highest BCUT2D eigenvalue weighted by Gasteiger charge is 2.05. The predicted molar refractivity (Wildman–Crippen MR) is 73.3 cm³/mol. The molecule has 98 valence electrons. The van der Waals surface area contributed by atoms with Crippen molar-refractivity contribution in [3.05, 3.63) is 46.7 Å². The van der Waals surface area contributed by atoms with Gasteiger partial charge in [-0.25, -0.2) is 4.79 Å². The van der Waals surface area contributed by atoms with Gasteiger partial charge in [-0.1, -0.05) is 28.9 Å². The number of hydrogen-bond acceptors (Lipinski definition) is 4. The van der Waals surface area contributed by atoms with Gasteiger partial charge in [-0.3, -0.25) is 0 Å². The molecule has 1 aromatic carbocycles. The third-order valence-electron chi connectivity index (χ3n) is 2.44. The van der Waals surface area contributed by atoms with Crippen LogP contribution in [0.25, 0.3) is 11.3 Å². The molecular weight excluding hydrogens is 266 g/mol. The average Bonchev–Trinajstić information content (AvgIpc) is 2.81. The van der Waals surface area contributed by atoms with Gasteiger partial charge < -0.3 is 9.25 Å². The van der Waals surface area contributed by atoms with Crippen molar-refractivity contribution in [1.82, 2.24) is 0 Å². The monoisotopic (exact) mass is 277 g/mol. The lowest BCUT2D eigenvalue weighted by Gasteiger charge is -2.00. The van der Waals surface area contributed by atoms with Crippen LogP contribution < -0.4 is 0 Å². The number of rotatable bonds is 3. The number of aryl methyl sites for hydroxylation is 1. The summed E-state index contributed by atoms with van der Waals surface area (Å²) in [6.45, 7) is 3.21. The van der Waals surface area contributed by atoms with E-state index in [1.54, 1.807) is 12.1 Å². The summed E-state index contributed by atoms with van der Waals surface area (Å²) in [5, 5.41) is 4.17. The Morgan fingerprint density at radius 1 is 1.37 bits per heavy atom. The molecule has 0 radical (unpaired) electrons. The largest absolute Gasteiger partial charge is 0.455 e. The van der Waals surface area contributed by atoms with Crippen molar-refractivity contribution in [3.8, 4) is 11.3 Å².